The summed E-state index contributed by atoms with van der Waals surface area (Å²) in [6.45, 7) is 0. The highest BCUT2D eigenvalue weighted by molar-refractivity contribution is 7.89. The highest BCUT2D eigenvalue weighted by Gasteiger charge is 2.30. The number of nitrogens with one attached hydrogen (secondary N) is 1. The second-order valence-corrected chi connectivity index (χ2v) is 6.84. The van der Waals surface area contributed by atoms with Gasteiger partial charge in [-0.05, 0) is 24.3 Å². The van der Waals surface area contributed by atoms with E-state index in [1.807, 2.05) is 0 Å². The van der Waals surface area contributed by atoms with Crippen molar-refractivity contribution in [2.45, 2.75) is 6.18 Å². The molecule has 0 unspecified atom stereocenters. The molecule has 0 radical (unpaired) electrons. The third-order valence-corrected chi connectivity index (χ3v) is 3.49. The fourth-order valence-corrected chi connectivity index (χ4v) is 2.31. The lowest BCUT2D eigenvalue weighted by molar-refractivity contribution is -0.137. The van der Waals surface area contributed by atoms with Gasteiger partial charge in [-0.25, -0.2) is 21.9 Å². The maximum absolute atomic E-state index is 14.0. The van der Waals surface area contributed by atoms with E-state index in [-0.39, 0.29) is 0 Å². The van der Waals surface area contributed by atoms with Crippen molar-refractivity contribution in [2.75, 3.05) is 6.26 Å². The number of rotatable bonds is 4. The number of hydrogen-bond donors (Lipinski definition) is 1. The molecule has 0 saturated heterocycles. The van der Waals surface area contributed by atoms with Gasteiger partial charge in [0.15, 0.2) is 11.6 Å². The first-order valence-electron chi connectivity index (χ1n) is 6.73. The van der Waals surface area contributed by atoms with Crippen LogP contribution in [0.15, 0.2) is 36.4 Å². The van der Waals surface area contributed by atoms with Crippen LogP contribution in [-0.2, 0) is 16.2 Å². The second-order valence-electron chi connectivity index (χ2n) is 5.09. The lowest BCUT2D eigenvalue weighted by atomic mass is 10.2. The van der Waals surface area contributed by atoms with Gasteiger partial charge < -0.3 is 4.74 Å². The first kappa shape index (κ1) is 19.6. The molecule has 11 heteroatoms. The van der Waals surface area contributed by atoms with Crippen LogP contribution in [0, 0.1) is 11.6 Å². The molecular weight excluding hydrogens is 385 g/mol. The van der Waals surface area contributed by atoms with Gasteiger partial charge in [0.25, 0.3) is 5.91 Å². The third kappa shape index (κ3) is 4.91. The summed E-state index contributed by atoms with van der Waals surface area (Å²) >= 11 is 0. The number of sulfonamides is 1. The molecule has 1 amide bonds. The minimum atomic E-state index is -4.66. The molecule has 26 heavy (non-hydrogen) atoms. The van der Waals surface area contributed by atoms with Crippen molar-refractivity contribution in [3.8, 4) is 11.5 Å². The fourth-order valence-electron chi connectivity index (χ4n) is 1.87. The van der Waals surface area contributed by atoms with Gasteiger partial charge in [0.2, 0.25) is 10.0 Å². The van der Waals surface area contributed by atoms with Gasteiger partial charge in [0.05, 0.1) is 17.4 Å². The number of amides is 1. The molecule has 0 atom stereocenters. The average molecular weight is 395 g/mol. The highest BCUT2D eigenvalue weighted by Crippen LogP contribution is 2.33. The molecule has 0 aliphatic rings. The van der Waals surface area contributed by atoms with Crippen molar-refractivity contribution >= 4 is 15.9 Å². The van der Waals surface area contributed by atoms with Gasteiger partial charge in [-0.1, -0.05) is 6.07 Å². The van der Waals surface area contributed by atoms with Crippen LogP contribution in [-0.4, -0.2) is 20.6 Å². The first-order chi connectivity index (χ1) is 11.9. The van der Waals surface area contributed by atoms with E-state index in [2.05, 4.69) is 0 Å². The molecule has 5 nitrogen and oxygen atoms in total. The minimum Gasteiger partial charge on any atom is -0.454 e. The van der Waals surface area contributed by atoms with E-state index in [0.717, 1.165) is 18.2 Å². The zero-order chi connectivity index (χ0) is 19.7. The molecule has 0 aliphatic carbocycles. The molecular formula is C15H10F5NO4S. The quantitative estimate of drug-likeness (QED) is 0.805. The molecule has 0 aliphatic heterocycles. The summed E-state index contributed by atoms with van der Waals surface area (Å²) in [6.07, 6.45) is -4.01. The van der Waals surface area contributed by atoms with E-state index in [1.165, 1.54) is 4.72 Å². The molecule has 140 valence electrons. The summed E-state index contributed by atoms with van der Waals surface area (Å²) in [6, 6.07) is 4.26. The van der Waals surface area contributed by atoms with Crippen LogP contribution >= 0.6 is 0 Å². The molecule has 1 N–H and O–H groups in total. The molecule has 0 spiro atoms. The topological polar surface area (TPSA) is 72.5 Å². The number of ether oxygens (including phenoxy) is 1. The fraction of sp³-hybridized carbons (Fsp3) is 0.133. The molecule has 0 aromatic heterocycles. The van der Waals surface area contributed by atoms with Gasteiger partial charge in [-0.3, -0.25) is 4.79 Å². The Morgan fingerprint density at radius 2 is 1.73 bits per heavy atom. The Balaban J connectivity index is 2.33. The number of benzene rings is 2. The zero-order valence-electron chi connectivity index (χ0n) is 12.9. The van der Waals surface area contributed by atoms with Gasteiger partial charge >= 0.3 is 6.18 Å². The molecule has 0 saturated carbocycles. The monoisotopic (exact) mass is 395 g/mol. The van der Waals surface area contributed by atoms with Gasteiger partial charge in [-0.15, -0.1) is 0 Å². The minimum absolute atomic E-state index is 0.374. The molecule has 2 rings (SSSR count). The van der Waals surface area contributed by atoms with E-state index >= 15 is 0 Å². The Labute approximate surface area is 144 Å². The lowest BCUT2D eigenvalue weighted by Crippen LogP contribution is -2.30. The van der Waals surface area contributed by atoms with E-state index in [1.54, 1.807) is 0 Å². The second kappa shape index (κ2) is 6.90. The maximum Gasteiger partial charge on any atom is 0.416 e. The van der Waals surface area contributed by atoms with Gasteiger partial charge in [0.1, 0.15) is 11.6 Å². The summed E-state index contributed by atoms with van der Waals surface area (Å²) in [4.78, 5) is 11.6. The van der Waals surface area contributed by atoms with Crippen LogP contribution in [0.1, 0.15) is 15.9 Å². The standard InChI is InChI=1S/C15H10F5NO4S/c1-26(23,24)21-14(22)10-6-12(17)13(7-11(10)16)25-9-4-2-3-8(5-9)15(18,19)20/h2-7H,1H3,(H,21,22). The van der Waals surface area contributed by atoms with E-state index in [0.29, 0.717) is 24.5 Å². The van der Waals surface area contributed by atoms with Crippen LogP contribution in [0.5, 0.6) is 11.5 Å². The van der Waals surface area contributed by atoms with Crippen molar-refractivity contribution in [1.29, 1.82) is 0 Å². The Morgan fingerprint density at radius 1 is 1.08 bits per heavy atom. The molecule has 0 fully saturated rings. The van der Waals surface area contributed by atoms with Crippen LogP contribution in [0.2, 0.25) is 0 Å². The number of alkyl halides is 3. The smallest absolute Gasteiger partial charge is 0.416 e. The van der Waals surface area contributed by atoms with Crippen LogP contribution in [0.3, 0.4) is 0 Å². The number of hydrogen-bond acceptors (Lipinski definition) is 4. The summed E-state index contributed by atoms with van der Waals surface area (Å²) in [5, 5.41) is 0. The Bertz CT molecular complexity index is 957. The molecule has 2 aromatic rings. The molecule has 0 bridgehead atoms. The van der Waals surface area contributed by atoms with Gasteiger partial charge in [0, 0.05) is 6.07 Å². The number of halogens is 5. The SMILES string of the molecule is CS(=O)(=O)NC(=O)c1cc(F)c(Oc2cccc(C(F)(F)F)c2)cc1F. The normalized spacial score (nSPS) is 11.9. The van der Waals surface area contributed by atoms with E-state index < -0.39 is 56.4 Å². The Morgan fingerprint density at radius 3 is 2.31 bits per heavy atom. The highest BCUT2D eigenvalue weighted by atomic mass is 32.2. The summed E-state index contributed by atoms with van der Waals surface area (Å²) in [7, 11) is -4.00. The third-order valence-electron chi connectivity index (χ3n) is 2.93. The Hall–Kier alpha value is -2.69. The average Bonchev–Trinajstić information content (AvgIpc) is 2.48. The van der Waals surface area contributed by atoms with Crippen LogP contribution in [0.4, 0.5) is 22.0 Å². The van der Waals surface area contributed by atoms with E-state index in [4.69, 9.17) is 4.74 Å². The van der Waals surface area contributed by atoms with Crippen molar-refractivity contribution < 1.29 is 39.9 Å². The maximum atomic E-state index is 14.0. The van der Waals surface area contributed by atoms with Crippen molar-refractivity contribution in [1.82, 2.24) is 4.72 Å². The van der Waals surface area contributed by atoms with Crippen molar-refractivity contribution in [3.63, 3.8) is 0 Å². The Kier molecular flexibility index (Phi) is 5.21. The summed E-state index contributed by atoms with van der Waals surface area (Å²) in [5.41, 5.74) is -1.97. The summed E-state index contributed by atoms with van der Waals surface area (Å²) < 4.78 is 94.2. The van der Waals surface area contributed by atoms with Crippen LogP contribution < -0.4 is 9.46 Å². The largest absolute Gasteiger partial charge is 0.454 e. The number of carbonyl (C=O) groups is 1. The van der Waals surface area contributed by atoms with Crippen LogP contribution in [0.25, 0.3) is 0 Å². The molecule has 0 heterocycles. The van der Waals surface area contributed by atoms with E-state index in [9.17, 15) is 35.2 Å². The van der Waals surface area contributed by atoms with Crippen molar-refractivity contribution in [2.24, 2.45) is 0 Å². The predicted molar refractivity (Wildman–Crippen MR) is 80.2 cm³/mol. The van der Waals surface area contributed by atoms with Crippen molar-refractivity contribution in [3.05, 3.63) is 59.2 Å². The molecule has 2 aromatic carbocycles. The lowest BCUT2D eigenvalue weighted by Gasteiger charge is -2.12. The zero-order valence-corrected chi connectivity index (χ0v) is 13.7. The predicted octanol–water partition coefficient (Wildman–Crippen LogP) is 3.47. The van der Waals surface area contributed by atoms with Gasteiger partial charge in [-0.2, -0.15) is 13.2 Å². The first-order valence-corrected chi connectivity index (χ1v) is 8.62. The number of carbonyl (C=O) groups excluding carboxylic acids is 1. The summed E-state index contributed by atoms with van der Waals surface area (Å²) in [5.74, 6) is -5.20.